The molecule has 0 spiro atoms. The zero-order valence-electron chi connectivity index (χ0n) is 9.65. The van der Waals surface area contributed by atoms with E-state index in [1.54, 1.807) is 6.92 Å². The number of unbranched alkanes of at least 4 members (excludes halogenated alkanes) is 3. The van der Waals surface area contributed by atoms with Crippen LogP contribution >= 0.6 is 0 Å². The first-order valence-corrected chi connectivity index (χ1v) is 5.41. The first-order chi connectivity index (χ1) is 5.92. The number of carbonyl (C=O) groups excluding carboxylic acids is 1. The van der Waals surface area contributed by atoms with Gasteiger partial charge in [-0.1, -0.05) is 40.0 Å². The number of carbonyl (C=O) groups is 1. The lowest BCUT2D eigenvalue weighted by Crippen LogP contribution is -2.03. The summed E-state index contributed by atoms with van der Waals surface area (Å²) < 4.78 is 0. The Morgan fingerprint density at radius 2 is 1.54 bits per heavy atom. The molecule has 0 aliphatic rings. The summed E-state index contributed by atoms with van der Waals surface area (Å²) in [6.07, 6.45) is 6.96. The average Bonchev–Trinajstić information content (AvgIpc) is 1.93. The van der Waals surface area contributed by atoms with Crippen LogP contribution in [0.15, 0.2) is 0 Å². The van der Waals surface area contributed by atoms with Crippen molar-refractivity contribution in [2.45, 2.75) is 66.2 Å². The number of ketones is 1. The molecule has 0 unspecified atom stereocenters. The number of rotatable bonds is 6. The van der Waals surface area contributed by atoms with E-state index in [2.05, 4.69) is 20.8 Å². The maximum atomic E-state index is 10.6. The highest BCUT2D eigenvalue weighted by Gasteiger charge is 2.08. The van der Waals surface area contributed by atoms with Crippen molar-refractivity contribution in [2.24, 2.45) is 5.41 Å². The molecule has 0 aromatic heterocycles. The van der Waals surface area contributed by atoms with Crippen molar-refractivity contribution < 1.29 is 4.79 Å². The van der Waals surface area contributed by atoms with Gasteiger partial charge in [0, 0.05) is 6.42 Å². The van der Waals surface area contributed by atoms with E-state index in [1.165, 1.54) is 25.7 Å². The minimum Gasteiger partial charge on any atom is -0.300 e. The molecule has 0 amide bonds. The summed E-state index contributed by atoms with van der Waals surface area (Å²) in [6.45, 7) is 8.52. The molecule has 0 aliphatic carbocycles. The fourth-order valence-electron chi connectivity index (χ4n) is 1.38. The van der Waals surface area contributed by atoms with Crippen LogP contribution in [0.4, 0.5) is 0 Å². The third kappa shape index (κ3) is 11.7. The highest BCUT2D eigenvalue weighted by atomic mass is 16.1. The molecule has 0 aliphatic heterocycles. The van der Waals surface area contributed by atoms with Crippen LogP contribution in [-0.2, 0) is 4.79 Å². The predicted octanol–water partition coefficient (Wildman–Crippen LogP) is 3.96. The second kappa shape index (κ2) is 6.17. The minimum atomic E-state index is 0.329. The van der Waals surface area contributed by atoms with Gasteiger partial charge in [-0.05, 0) is 25.2 Å². The first-order valence-electron chi connectivity index (χ1n) is 5.41. The fourth-order valence-corrected chi connectivity index (χ4v) is 1.38. The normalized spacial score (nSPS) is 11.7. The van der Waals surface area contributed by atoms with Crippen molar-refractivity contribution in [2.75, 3.05) is 0 Å². The van der Waals surface area contributed by atoms with Crippen LogP contribution in [0.3, 0.4) is 0 Å². The molecule has 13 heavy (non-hydrogen) atoms. The Morgan fingerprint density at radius 3 is 2.00 bits per heavy atom. The number of Topliss-reactive ketones (excluding diaryl/α,β-unsaturated/α-hetero) is 1. The lowest BCUT2D eigenvalue weighted by atomic mass is 9.89. The third-order valence-electron chi connectivity index (χ3n) is 2.21. The van der Waals surface area contributed by atoms with E-state index in [0.29, 0.717) is 11.2 Å². The second-order valence-electron chi connectivity index (χ2n) is 5.18. The molecule has 0 N–H and O–H groups in total. The maximum Gasteiger partial charge on any atom is 0.129 e. The van der Waals surface area contributed by atoms with Gasteiger partial charge in [-0.25, -0.2) is 0 Å². The molecule has 78 valence electrons. The predicted molar refractivity (Wildman–Crippen MR) is 57.8 cm³/mol. The molecule has 0 rings (SSSR count). The largest absolute Gasteiger partial charge is 0.300 e. The molecule has 1 heteroatoms. The van der Waals surface area contributed by atoms with E-state index in [9.17, 15) is 4.79 Å². The van der Waals surface area contributed by atoms with Gasteiger partial charge in [0.2, 0.25) is 0 Å². The fraction of sp³-hybridized carbons (Fsp3) is 0.917. The summed E-state index contributed by atoms with van der Waals surface area (Å²) >= 11 is 0. The second-order valence-corrected chi connectivity index (χ2v) is 5.18. The van der Waals surface area contributed by atoms with Crippen LogP contribution in [0.1, 0.15) is 66.2 Å². The molecule has 0 bridgehead atoms. The van der Waals surface area contributed by atoms with Gasteiger partial charge in [0.1, 0.15) is 5.78 Å². The van der Waals surface area contributed by atoms with E-state index in [1.807, 2.05) is 0 Å². The van der Waals surface area contributed by atoms with Gasteiger partial charge in [0.05, 0.1) is 0 Å². The van der Waals surface area contributed by atoms with Crippen LogP contribution in [0, 0.1) is 5.41 Å². The quantitative estimate of drug-likeness (QED) is 0.571. The Bertz CT molecular complexity index is 142. The Morgan fingerprint density at radius 1 is 1.00 bits per heavy atom. The topological polar surface area (TPSA) is 17.1 Å². The highest BCUT2D eigenvalue weighted by molar-refractivity contribution is 5.75. The summed E-state index contributed by atoms with van der Waals surface area (Å²) in [5.41, 5.74) is 0.473. The standard InChI is InChI=1S/C12H24O/c1-11(13)9-7-5-6-8-10-12(2,3)4/h5-10H2,1-4H3. The molecule has 0 saturated carbocycles. The van der Waals surface area contributed by atoms with E-state index in [4.69, 9.17) is 0 Å². The summed E-state index contributed by atoms with van der Waals surface area (Å²) in [6, 6.07) is 0. The summed E-state index contributed by atoms with van der Waals surface area (Å²) in [5, 5.41) is 0. The van der Waals surface area contributed by atoms with Crippen molar-refractivity contribution in [3.63, 3.8) is 0 Å². The van der Waals surface area contributed by atoms with Gasteiger partial charge in [-0.2, -0.15) is 0 Å². The SMILES string of the molecule is CC(=O)CCCCCCC(C)(C)C. The zero-order valence-corrected chi connectivity index (χ0v) is 9.65. The summed E-state index contributed by atoms with van der Waals surface area (Å²) in [7, 11) is 0. The molecule has 1 nitrogen and oxygen atoms in total. The highest BCUT2D eigenvalue weighted by Crippen LogP contribution is 2.22. The van der Waals surface area contributed by atoms with Gasteiger partial charge in [0.15, 0.2) is 0 Å². The van der Waals surface area contributed by atoms with Crippen LogP contribution in [-0.4, -0.2) is 5.78 Å². The van der Waals surface area contributed by atoms with Gasteiger partial charge in [-0.3, -0.25) is 0 Å². The summed E-state index contributed by atoms with van der Waals surface area (Å²) in [5.74, 6) is 0.329. The molecule has 0 heterocycles. The van der Waals surface area contributed by atoms with Crippen LogP contribution in [0.5, 0.6) is 0 Å². The van der Waals surface area contributed by atoms with E-state index < -0.39 is 0 Å². The van der Waals surface area contributed by atoms with Gasteiger partial charge < -0.3 is 4.79 Å². The van der Waals surface area contributed by atoms with Gasteiger partial charge in [0.25, 0.3) is 0 Å². The van der Waals surface area contributed by atoms with E-state index >= 15 is 0 Å². The molecule has 0 atom stereocenters. The molecular formula is C12H24O. The van der Waals surface area contributed by atoms with E-state index in [-0.39, 0.29) is 0 Å². The number of hydrogen-bond donors (Lipinski definition) is 0. The Hall–Kier alpha value is -0.330. The minimum absolute atomic E-state index is 0.329. The Labute approximate surface area is 82.9 Å². The molecule has 0 saturated heterocycles. The van der Waals surface area contributed by atoms with Crippen molar-refractivity contribution in [1.29, 1.82) is 0 Å². The van der Waals surface area contributed by atoms with Crippen molar-refractivity contribution >= 4 is 5.78 Å². The van der Waals surface area contributed by atoms with Crippen molar-refractivity contribution in [3.8, 4) is 0 Å². The Kier molecular flexibility index (Phi) is 6.02. The van der Waals surface area contributed by atoms with Crippen molar-refractivity contribution in [3.05, 3.63) is 0 Å². The lowest BCUT2D eigenvalue weighted by molar-refractivity contribution is -0.117. The van der Waals surface area contributed by atoms with Gasteiger partial charge in [-0.15, -0.1) is 0 Å². The lowest BCUT2D eigenvalue weighted by Gasteiger charge is -2.17. The van der Waals surface area contributed by atoms with Crippen LogP contribution in [0.2, 0.25) is 0 Å². The van der Waals surface area contributed by atoms with Crippen molar-refractivity contribution in [1.82, 2.24) is 0 Å². The molecule has 0 aromatic carbocycles. The molecule has 0 radical (unpaired) electrons. The molecule has 0 fully saturated rings. The number of hydrogen-bond acceptors (Lipinski definition) is 1. The average molecular weight is 184 g/mol. The summed E-state index contributed by atoms with van der Waals surface area (Å²) in [4.78, 5) is 10.6. The third-order valence-corrected chi connectivity index (χ3v) is 2.21. The van der Waals surface area contributed by atoms with Crippen LogP contribution < -0.4 is 0 Å². The van der Waals surface area contributed by atoms with Gasteiger partial charge >= 0.3 is 0 Å². The first kappa shape index (κ1) is 12.7. The maximum absolute atomic E-state index is 10.6. The molecule has 0 aromatic rings. The van der Waals surface area contributed by atoms with Crippen LogP contribution in [0.25, 0.3) is 0 Å². The van der Waals surface area contributed by atoms with E-state index in [0.717, 1.165) is 12.8 Å². The Balaban J connectivity index is 3.13. The molecular weight excluding hydrogens is 160 g/mol. The monoisotopic (exact) mass is 184 g/mol. The zero-order chi connectivity index (χ0) is 10.3. The smallest absolute Gasteiger partial charge is 0.129 e.